The van der Waals surface area contributed by atoms with Gasteiger partial charge in [-0.05, 0) is 67.7 Å². The number of carbonyl (C=O) groups is 2. The molecule has 0 aliphatic rings. The van der Waals surface area contributed by atoms with Crippen LogP contribution in [0.5, 0.6) is 5.75 Å². The van der Waals surface area contributed by atoms with Gasteiger partial charge in [0.15, 0.2) is 0 Å². The molecule has 1 heterocycles. The van der Waals surface area contributed by atoms with Gasteiger partial charge in [-0.15, -0.1) is 0 Å². The fourth-order valence-electron chi connectivity index (χ4n) is 4.26. The zero-order valence-corrected chi connectivity index (χ0v) is 20.9. The number of rotatable bonds is 13. The van der Waals surface area contributed by atoms with Gasteiger partial charge in [0.05, 0.1) is 12.3 Å². The predicted octanol–water partition coefficient (Wildman–Crippen LogP) is 7.07. The third-order valence-corrected chi connectivity index (χ3v) is 6.22. The highest BCUT2D eigenvalue weighted by molar-refractivity contribution is 6.04. The zero-order valence-electron chi connectivity index (χ0n) is 20.9. The van der Waals surface area contributed by atoms with E-state index >= 15 is 0 Å². The maximum absolute atomic E-state index is 12.7. The number of amides is 1. The van der Waals surface area contributed by atoms with Crippen LogP contribution in [0, 0.1) is 0 Å². The Morgan fingerprint density at radius 1 is 1.11 bits per heavy atom. The lowest BCUT2D eigenvalue weighted by atomic mass is 10.0. The first-order valence-electron chi connectivity index (χ1n) is 12.5. The van der Waals surface area contributed by atoms with Crippen LogP contribution >= 0.6 is 0 Å². The van der Waals surface area contributed by atoms with Crippen molar-refractivity contribution < 1.29 is 19.4 Å². The number of benzene rings is 2. The summed E-state index contributed by atoms with van der Waals surface area (Å²) in [7, 11) is 0. The van der Waals surface area contributed by atoms with Gasteiger partial charge < -0.3 is 19.7 Å². The molecule has 6 nitrogen and oxygen atoms in total. The van der Waals surface area contributed by atoms with Crippen LogP contribution in [0.4, 0.5) is 5.69 Å². The number of hydrogen-bond acceptors (Lipinski definition) is 3. The lowest BCUT2D eigenvalue weighted by molar-refractivity contribution is -0.137. The SMILES string of the molecule is CCCCC(CC)n1ccc2cc(/C(C)=C/C(=O)Nc3ccccc3OCCCC(=O)O)ccc21. The van der Waals surface area contributed by atoms with E-state index in [0.717, 1.165) is 17.6 Å². The van der Waals surface area contributed by atoms with Crippen LogP contribution in [-0.2, 0) is 9.59 Å². The van der Waals surface area contributed by atoms with Crippen LogP contribution in [0.2, 0.25) is 0 Å². The molecular formula is C29H36N2O4. The maximum Gasteiger partial charge on any atom is 0.303 e. The van der Waals surface area contributed by atoms with Crippen molar-refractivity contribution in [1.29, 1.82) is 0 Å². The molecule has 0 radical (unpaired) electrons. The molecule has 1 aromatic heterocycles. The molecule has 0 aliphatic heterocycles. The Balaban J connectivity index is 1.70. The number of aliphatic carboxylic acids is 1. The number of anilines is 1. The molecule has 2 aromatic carbocycles. The number of carbonyl (C=O) groups excluding carboxylic acids is 1. The minimum Gasteiger partial charge on any atom is -0.491 e. The number of nitrogens with one attached hydrogen (secondary N) is 1. The number of aromatic nitrogens is 1. The number of fused-ring (bicyclic) bond motifs is 1. The fourth-order valence-corrected chi connectivity index (χ4v) is 4.26. The van der Waals surface area contributed by atoms with Crippen LogP contribution in [-0.4, -0.2) is 28.2 Å². The molecule has 1 amide bonds. The Morgan fingerprint density at radius 3 is 2.66 bits per heavy atom. The first-order chi connectivity index (χ1) is 16.9. The van der Waals surface area contributed by atoms with Crippen LogP contribution in [0.3, 0.4) is 0 Å². The minimum atomic E-state index is -0.854. The number of carboxylic acid groups (broad SMARTS) is 1. The van der Waals surface area contributed by atoms with Crippen molar-refractivity contribution in [3.05, 3.63) is 66.4 Å². The highest BCUT2D eigenvalue weighted by Gasteiger charge is 2.12. The minimum absolute atomic E-state index is 0.0437. The predicted molar refractivity (Wildman–Crippen MR) is 142 cm³/mol. The summed E-state index contributed by atoms with van der Waals surface area (Å²) >= 11 is 0. The fraction of sp³-hybridized carbons (Fsp3) is 0.379. The van der Waals surface area contributed by atoms with Crippen molar-refractivity contribution in [2.75, 3.05) is 11.9 Å². The molecule has 0 bridgehead atoms. The molecule has 1 atom stereocenters. The monoisotopic (exact) mass is 476 g/mol. The molecule has 2 N–H and O–H groups in total. The van der Waals surface area contributed by atoms with Crippen LogP contribution in [0.1, 0.15) is 70.9 Å². The summed E-state index contributed by atoms with van der Waals surface area (Å²) in [5, 5.41) is 12.8. The van der Waals surface area contributed by atoms with Gasteiger partial charge in [-0.1, -0.05) is 44.9 Å². The quantitative estimate of drug-likeness (QED) is 0.204. The van der Waals surface area contributed by atoms with Crippen LogP contribution < -0.4 is 10.1 Å². The van der Waals surface area contributed by atoms with Crippen molar-refractivity contribution in [3.8, 4) is 5.75 Å². The molecule has 0 aliphatic carbocycles. The number of unbranched alkanes of at least 4 members (excludes halogenated alkanes) is 1. The lowest BCUT2D eigenvalue weighted by Crippen LogP contribution is -2.11. The van der Waals surface area contributed by atoms with Gasteiger partial charge >= 0.3 is 5.97 Å². The van der Waals surface area contributed by atoms with Crippen LogP contribution in [0.15, 0.2) is 60.8 Å². The Hall–Kier alpha value is -3.54. The van der Waals surface area contributed by atoms with Crippen molar-refractivity contribution in [3.63, 3.8) is 0 Å². The topological polar surface area (TPSA) is 80.6 Å². The summed E-state index contributed by atoms with van der Waals surface area (Å²) < 4.78 is 8.06. The zero-order chi connectivity index (χ0) is 25.2. The molecule has 6 heteroatoms. The van der Waals surface area contributed by atoms with Gasteiger partial charge in [0.25, 0.3) is 0 Å². The summed E-state index contributed by atoms with van der Waals surface area (Å²) in [6.07, 6.45) is 8.93. The van der Waals surface area contributed by atoms with E-state index in [1.807, 2.05) is 19.1 Å². The van der Waals surface area contributed by atoms with E-state index in [1.165, 1.54) is 30.2 Å². The summed E-state index contributed by atoms with van der Waals surface area (Å²) in [6.45, 7) is 6.67. The lowest BCUT2D eigenvalue weighted by Gasteiger charge is -2.18. The van der Waals surface area contributed by atoms with Gasteiger partial charge in [0, 0.05) is 35.6 Å². The number of hydrogen-bond donors (Lipinski definition) is 2. The Morgan fingerprint density at radius 2 is 1.91 bits per heavy atom. The van der Waals surface area contributed by atoms with Crippen LogP contribution in [0.25, 0.3) is 16.5 Å². The summed E-state index contributed by atoms with van der Waals surface area (Å²) in [5.74, 6) is -0.576. The second-order valence-electron chi connectivity index (χ2n) is 8.86. The van der Waals surface area contributed by atoms with Gasteiger partial charge in [0.2, 0.25) is 5.91 Å². The molecule has 0 saturated heterocycles. The first-order valence-corrected chi connectivity index (χ1v) is 12.5. The first kappa shape index (κ1) is 26.1. The highest BCUT2D eigenvalue weighted by Crippen LogP contribution is 2.29. The molecule has 1 unspecified atom stereocenters. The smallest absolute Gasteiger partial charge is 0.303 e. The van der Waals surface area contributed by atoms with E-state index in [0.29, 0.717) is 23.9 Å². The van der Waals surface area contributed by atoms with Crippen molar-refractivity contribution in [2.24, 2.45) is 0 Å². The van der Waals surface area contributed by atoms with Crippen molar-refractivity contribution >= 4 is 34.0 Å². The number of carboxylic acids is 1. The van der Waals surface area contributed by atoms with Gasteiger partial charge in [-0.3, -0.25) is 9.59 Å². The Labute approximate surface area is 207 Å². The summed E-state index contributed by atoms with van der Waals surface area (Å²) in [6, 6.07) is 16.2. The molecular weight excluding hydrogens is 440 g/mol. The highest BCUT2D eigenvalue weighted by atomic mass is 16.5. The number of ether oxygens (including phenoxy) is 1. The number of nitrogens with zero attached hydrogens (tertiary/aromatic N) is 1. The Kier molecular flexibility index (Phi) is 9.53. The largest absolute Gasteiger partial charge is 0.491 e. The molecule has 35 heavy (non-hydrogen) atoms. The second-order valence-corrected chi connectivity index (χ2v) is 8.86. The Bertz CT molecular complexity index is 1180. The van der Waals surface area contributed by atoms with E-state index < -0.39 is 5.97 Å². The van der Waals surface area contributed by atoms with E-state index in [-0.39, 0.29) is 18.9 Å². The third-order valence-electron chi connectivity index (χ3n) is 6.22. The number of allylic oxidation sites excluding steroid dienone is 1. The standard InChI is InChI=1S/C29H36N2O4/c1-4-6-10-24(5-2)31-17-16-23-20-22(14-15-26(23)31)21(3)19-28(32)30-25-11-7-8-12-27(25)35-18-9-13-29(33)34/h7-8,11-12,14-17,19-20,24H,4-6,9-10,13,18H2,1-3H3,(H,30,32)(H,33,34)/b21-19+. The van der Waals surface area contributed by atoms with E-state index in [2.05, 4.69) is 54.2 Å². The van der Waals surface area contributed by atoms with E-state index in [4.69, 9.17) is 9.84 Å². The maximum atomic E-state index is 12.7. The van der Waals surface area contributed by atoms with E-state index in [1.54, 1.807) is 18.2 Å². The third kappa shape index (κ3) is 7.22. The van der Waals surface area contributed by atoms with Crippen molar-refractivity contribution in [2.45, 2.75) is 65.3 Å². The van der Waals surface area contributed by atoms with Crippen molar-refractivity contribution in [1.82, 2.24) is 4.57 Å². The summed E-state index contributed by atoms with van der Waals surface area (Å²) in [5.41, 5.74) is 3.66. The average molecular weight is 477 g/mol. The number of para-hydroxylation sites is 2. The van der Waals surface area contributed by atoms with Gasteiger partial charge in [-0.2, -0.15) is 0 Å². The molecule has 3 aromatic rings. The normalized spacial score (nSPS) is 12.5. The molecule has 0 fully saturated rings. The van der Waals surface area contributed by atoms with E-state index in [9.17, 15) is 9.59 Å². The molecule has 186 valence electrons. The summed E-state index contributed by atoms with van der Waals surface area (Å²) in [4.78, 5) is 23.4. The molecule has 0 spiro atoms. The van der Waals surface area contributed by atoms with Gasteiger partial charge in [-0.25, -0.2) is 0 Å². The second kappa shape index (κ2) is 12.8. The molecule has 0 saturated carbocycles. The average Bonchev–Trinajstić information content (AvgIpc) is 3.26. The molecule has 3 rings (SSSR count). The van der Waals surface area contributed by atoms with Gasteiger partial charge in [0.1, 0.15) is 5.75 Å².